The van der Waals surface area contributed by atoms with Crippen LogP contribution in [0.4, 0.5) is 0 Å². The molecule has 2 aliphatic heterocycles. The highest BCUT2D eigenvalue weighted by Gasteiger charge is 2.36. The maximum atomic E-state index is 11.7. The molecule has 0 amide bonds. The van der Waals surface area contributed by atoms with Gasteiger partial charge in [-0.2, -0.15) is 0 Å². The third-order valence-electron chi connectivity index (χ3n) is 2.92. The number of benzene rings is 1. The first kappa shape index (κ1) is 11.0. The summed E-state index contributed by atoms with van der Waals surface area (Å²) < 4.78 is 4.99. The standard InChI is InChI=1S/C12H10N2O3S/c15-7-3-1-2-6(4-7)10-9-8(5-17-11(9)16)13-12(18)14-10/h1-4,10,15H,5H2,(H2,13,14,18). The van der Waals surface area contributed by atoms with Gasteiger partial charge in [-0.05, 0) is 29.9 Å². The molecule has 0 saturated heterocycles. The molecule has 0 saturated carbocycles. The molecular weight excluding hydrogens is 252 g/mol. The van der Waals surface area contributed by atoms with Crippen molar-refractivity contribution in [1.29, 1.82) is 0 Å². The second kappa shape index (κ2) is 3.99. The van der Waals surface area contributed by atoms with E-state index in [0.29, 0.717) is 16.4 Å². The van der Waals surface area contributed by atoms with Crippen LogP contribution in [0.15, 0.2) is 35.5 Å². The largest absolute Gasteiger partial charge is 0.508 e. The molecule has 1 aromatic rings. The number of cyclic esters (lactones) is 1. The van der Waals surface area contributed by atoms with Gasteiger partial charge in [0.05, 0.1) is 17.3 Å². The second-order valence-electron chi connectivity index (χ2n) is 4.09. The molecule has 2 aliphatic rings. The average Bonchev–Trinajstić information content (AvgIpc) is 2.70. The van der Waals surface area contributed by atoms with Crippen LogP contribution in [-0.2, 0) is 9.53 Å². The van der Waals surface area contributed by atoms with Gasteiger partial charge in [0.15, 0.2) is 5.11 Å². The van der Waals surface area contributed by atoms with Gasteiger partial charge in [-0.3, -0.25) is 0 Å². The Morgan fingerprint density at radius 2 is 2.28 bits per heavy atom. The summed E-state index contributed by atoms with van der Waals surface area (Å²) in [4.78, 5) is 11.7. The van der Waals surface area contributed by atoms with Gasteiger partial charge >= 0.3 is 5.97 Å². The predicted molar refractivity (Wildman–Crippen MR) is 67.7 cm³/mol. The Hall–Kier alpha value is -2.08. The molecular formula is C12H10N2O3S. The Kier molecular flexibility index (Phi) is 2.45. The molecule has 1 unspecified atom stereocenters. The van der Waals surface area contributed by atoms with Crippen LogP contribution in [0, 0.1) is 0 Å². The molecule has 18 heavy (non-hydrogen) atoms. The maximum Gasteiger partial charge on any atom is 0.338 e. The molecule has 0 fully saturated rings. The summed E-state index contributed by atoms with van der Waals surface area (Å²) in [5.74, 6) is -0.215. The zero-order valence-electron chi connectivity index (χ0n) is 9.27. The van der Waals surface area contributed by atoms with Gasteiger partial charge in [-0.15, -0.1) is 0 Å². The lowest BCUT2D eigenvalue weighted by Crippen LogP contribution is -2.44. The number of hydrogen-bond donors (Lipinski definition) is 3. The molecule has 3 rings (SSSR count). The van der Waals surface area contributed by atoms with Gasteiger partial charge in [-0.1, -0.05) is 12.1 Å². The van der Waals surface area contributed by atoms with Crippen LogP contribution >= 0.6 is 12.2 Å². The zero-order chi connectivity index (χ0) is 12.7. The number of esters is 1. The molecule has 0 bridgehead atoms. The smallest absolute Gasteiger partial charge is 0.338 e. The zero-order valence-corrected chi connectivity index (χ0v) is 10.1. The van der Waals surface area contributed by atoms with Crippen LogP contribution in [0.25, 0.3) is 0 Å². The van der Waals surface area contributed by atoms with Crippen LogP contribution in [0.2, 0.25) is 0 Å². The van der Waals surface area contributed by atoms with Crippen molar-refractivity contribution >= 4 is 23.3 Å². The molecule has 6 heteroatoms. The topological polar surface area (TPSA) is 70.6 Å². The SMILES string of the molecule is O=C1OCC2=C1C(c1cccc(O)c1)NC(=S)N2. The van der Waals surface area contributed by atoms with Crippen LogP contribution in [0.5, 0.6) is 5.75 Å². The first-order chi connectivity index (χ1) is 8.65. The van der Waals surface area contributed by atoms with Gasteiger partial charge in [0.25, 0.3) is 0 Å². The number of phenols is 1. The highest BCUT2D eigenvalue weighted by molar-refractivity contribution is 7.80. The van der Waals surface area contributed by atoms with Crippen molar-refractivity contribution < 1.29 is 14.6 Å². The van der Waals surface area contributed by atoms with E-state index in [0.717, 1.165) is 5.56 Å². The molecule has 0 spiro atoms. The molecule has 3 N–H and O–H groups in total. The van der Waals surface area contributed by atoms with Gasteiger partial charge in [0.2, 0.25) is 0 Å². The van der Waals surface area contributed by atoms with E-state index in [4.69, 9.17) is 17.0 Å². The van der Waals surface area contributed by atoms with Gasteiger partial charge in [0.1, 0.15) is 12.4 Å². The first-order valence-electron chi connectivity index (χ1n) is 5.42. The van der Waals surface area contributed by atoms with Crippen molar-refractivity contribution in [2.75, 3.05) is 6.61 Å². The molecule has 1 atom stereocenters. The van der Waals surface area contributed by atoms with Crippen molar-refractivity contribution in [1.82, 2.24) is 10.6 Å². The average molecular weight is 262 g/mol. The Morgan fingerprint density at radius 1 is 1.44 bits per heavy atom. The summed E-state index contributed by atoms with van der Waals surface area (Å²) >= 11 is 5.09. The first-order valence-corrected chi connectivity index (χ1v) is 5.82. The van der Waals surface area contributed by atoms with Gasteiger partial charge < -0.3 is 20.5 Å². The number of thiocarbonyl (C=S) groups is 1. The fourth-order valence-electron chi connectivity index (χ4n) is 2.14. The Labute approximate surface area is 108 Å². The lowest BCUT2D eigenvalue weighted by Gasteiger charge is -2.26. The fourth-order valence-corrected chi connectivity index (χ4v) is 2.38. The molecule has 5 nitrogen and oxygen atoms in total. The number of nitrogens with one attached hydrogen (secondary N) is 2. The lowest BCUT2D eigenvalue weighted by atomic mass is 9.96. The van der Waals surface area contributed by atoms with E-state index in [-0.39, 0.29) is 24.4 Å². The lowest BCUT2D eigenvalue weighted by molar-refractivity contribution is -0.136. The van der Waals surface area contributed by atoms with E-state index < -0.39 is 0 Å². The van der Waals surface area contributed by atoms with E-state index in [1.54, 1.807) is 18.2 Å². The van der Waals surface area contributed by atoms with E-state index in [1.807, 2.05) is 6.07 Å². The number of phenolic OH excluding ortho intramolecular Hbond substituents is 1. The minimum atomic E-state index is -0.379. The molecule has 0 radical (unpaired) electrons. The normalized spacial score (nSPS) is 22.1. The number of hydrogen-bond acceptors (Lipinski definition) is 4. The van der Waals surface area contributed by atoms with E-state index in [9.17, 15) is 9.90 Å². The van der Waals surface area contributed by atoms with Crippen LogP contribution in [0.1, 0.15) is 11.6 Å². The molecule has 2 heterocycles. The summed E-state index contributed by atoms with van der Waals surface area (Å²) in [5.41, 5.74) is 1.98. The van der Waals surface area contributed by atoms with E-state index in [1.165, 1.54) is 0 Å². The van der Waals surface area contributed by atoms with Crippen molar-refractivity contribution in [3.63, 3.8) is 0 Å². The fraction of sp³-hybridized carbons (Fsp3) is 0.167. The van der Waals surface area contributed by atoms with Crippen molar-refractivity contribution in [3.8, 4) is 5.75 Å². The van der Waals surface area contributed by atoms with Crippen molar-refractivity contribution in [2.24, 2.45) is 0 Å². The summed E-state index contributed by atoms with van der Waals surface area (Å²) in [7, 11) is 0. The number of carbonyl (C=O) groups excluding carboxylic acids is 1. The quantitative estimate of drug-likeness (QED) is 0.512. The summed E-state index contributed by atoms with van der Waals surface area (Å²) in [6.45, 7) is 0.214. The molecule has 0 aromatic heterocycles. The van der Waals surface area contributed by atoms with Crippen LogP contribution in [-0.4, -0.2) is 22.8 Å². The van der Waals surface area contributed by atoms with Crippen LogP contribution in [0.3, 0.4) is 0 Å². The van der Waals surface area contributed by atoms with Crippen molar-refractivity contribution in [2.45, 2.75) is 6.04 Å². The third kappa shape index (κ3) is 1.70. The number of aromatic hydroxyl groups is 1. The van der Waals surface area contributed by atoms with Crippen molar-refractivity contribution in [3.05, 3.63) is 41.1 Å². The Morgan fingerprint density at radius 3 is 3.06 bits per heavy atom. The highest BCUT2D eigenvalue weighted by Crippen LogP contribution is 2.32. The van der Waals surface area contributed by atoms with Gasteiger partial charge in [-0.25, -0.2) is 4.79 Å². The number of rotatable bonds is 1. The molecule has 92 valence electrons. The van der Waals surface area contributed by atoms with Crippen LogP contribution < -0.4 is 10.6 Å². The van der Waals surface area contributed by atoms with E-state index in [2.05, 4.69) is 10.6 Å². The second-order valence-corrected chi connectivity index (χ2v) is 4.50. The number of ether oxygens (including phenoxy) is 1. The minimum Gasteiger partial charge on any atom is -0.508 e. The summed E-state index contributed by atoms with van der Waals surface area (Å²) in [5, 5.41) is 15.9. The third-order valence-corrected chi connectivity index (χ3v) is 3.14. The van der Waals surface area contributed by atoms with Gasteiger partial charge in [0, 0.05) is 0 Å². The minimum absolute atomic E-state index is 0.146. The molecule has 1 aromatic carbocycles. The number of carbonyl (C=O) groups is 1. The molecule has 0 aliphatic carbocycles. The summed E-state index contributed by atoms with van der Waals surface area (Å²) in [6.07, 6.45) is 0. The summed E-state index contributed by atoms with van der Waals surface area (Å²) in [6, 6.07) is 6.34. The Bertz CT molecular complexity index is 582. The maximum absolute atomic E-state index is 11.7. The van der Waals surface area contributed by atoms with E-state index >= 15 is 0 Å². The monoisotopic (exact) mass is 262 g/mol. The predicted octanol–water partition coefficient (Wildman–Crippen LogP) is 0.722. The Balaban J connectivity index is 2.07. The highest BCUT2D eigenvalue weighted by atomic mass is 32.1.